The number of aliphatic hydroxyl groups is 3. The van der Waals surface area contributed by atoms with Crippen molar-refractivity contribution < 1.29 is 68.8 Å². The minimum absolute atomic E-state index is 0.695. The van der Waals surface area contributed by atoms with Crippen LogP contribution in [0.5, 0.6) is 0 Å². The maximum atomic E-state index is 12.5. The van der Waals surface area contributed by atoms with E-state index in [1.165, 1.54) is 0 Å². The molecule has 8 N–H and O–H groups in total. The van der Waals surface area contributed by atoms with Gasteiger partial charge in [0.05, 0.1) is 0 Å². The van der Waals surface area contributed by atoms with Crippen LogP contribution in [0.4, 0.5) is 0 Å². The average molecular weight is 614 g/mol. The van der Waals surface area contributed by atoms with Gasteiger partial charge in [0, 0.05) is 24.5 Å². The van der Waals surface area contributed by atoms with Crippen molar-refractivity contribution in [3.8, 4) is 0 Å². The summed E-state index contributed by atoms with van der Waals surface area (Å²) in [5, 5.41) is 58.8. The number of H-pyrrole nitrogens is 2. The minimum Gasteiger partial charge on any atom is -0.387 e. The van der Waals surface area contributed by atoms with Crippen molar-refractivity contribution in [1.82, 2.24) is 19.1 Å². The van der Waals surface area contributed by atoms with E-state index in [1.807, 2.05) is 9.97 Å². The van der Waals surface area contributed by atoms with Gasteiger partial charge in [-0.1, -0.05) is 0 Å². The molecule has 2 aliphatic rings. The van der Waals surface area contributed by atoms with Gasteiger partial charge in [0.2, 0.25) is 6.29 Å². The Labute approximate surface area is 224 Å². The number of rotatable bonds is 11. The summed E-state index contributed by atoms with van der Waals surface area (Å²) in [6.45, 7) is 0. The first-order valence-corrected chi connectivity index (χ1v) is 12.5. The monoisotopic (exact) mass is 614 g/mol. The second-order valence-electron chi connectivity index (χ2n) is 8.49. The fourth-order valence-electron chi connectivity index (χ4n) is 4.18. The fourth-order valence-corrected chi connectivity index (χ4v) is 4.94. The van der Waals surface area contributed by atoms with E-state index in [2.05, 4.69) is 14.7 Å². The summed E-state index contributed by atoms with van der Waals surface area (Å²) < 4.78 is 34.2. The maximum Gasteiger partial charge on any atom is 0.330 e. The topological polar surface area (TPSA) is 313 Å². The highest BCUT2D eigenvalue weighted by Crippen LogP contribution is 2.40. The van der Waals surface area contributed by atoms with Crippen LogP contribution in [0.3, 0.4) is 0 Å². The molecule has 7 unspecified atom stereocenters. The standard InChI is InChI=1S/C18H23N4O18P/c23-5-1-3-21(17(28)19-5)13-8(26)7(25)9(34-13)15(27)39-41(33)40-16(38-32)12-10(36-30)11(37-31)14(35-12)22-4-2-6(24)20-18(22)29/h1-4,7-16,25-27,30-32,41H,(H,19,23,28)(H,20,24,29)/t7?,8?,9-,10?,11?,12-,13+,14+,15?,16?/m1/s1. The third kappa shape index (κ3) is 6.30. The molecule has 2 fully saturated rings. The van der Waals surface area contributed by atoms with E-state index in [0.717, 1.165) is 24.5 Å². The highest BCUT2D eigenvalue weighted by molar-refractivity contribution is 7.33. The SMILES string of the molecule is O=c1ccn([C@H]2O[C@@H](C(O)O[PH](=O)OC(OO)[C@@H]3O[C@H](n4ccc(=O)[nH]c4=O)C(OO)C3OO)C(O)C2O)c(=O)[nH]1. The summed E-state index contributed by atoms with van der Waals surface area (Å²) >= 11 is 0. The third-order valence-electron chi connectivity index (χ3n) is 6.08. The van der Waals surface area contributed by atoms with Gasteiger partial charge in [0.25, 0.3) is 11.1 Å². The van der Waals surface area contributed by atoms with Crippen LogP contribution in [-0.2, 0) is 37.7 Å². The first-order valence-electron chi connectivity index (χ1n) is 11.3. The molecule has 0 spiro atoms. The van der Waals surface area contributed by atoms with Crippen LogP contribution in [0, 0.1) is 0 Å². The van der Waals surface area contributed by atoms with Crippen molar-refractivity contribution in [2.24, 2.45) is 0 Å². The molecule has 2 aliphatic heterocycles. The molecule has 2 aromatic rings. The van der Waals surface area contributed by atoms with Crippen LogP contribution >= 0.6 is 8.25 Å². The Bertz CT molecular complexity index is 1460. The predicted molar refractivity (Wildman–Crippen MR) is 122 cm³/mol. The lowest BCUT2D eigenvalue weighted by atomic mass is 10.1. The Morgan fingerprint density at radius 1 is 0.805 bits per heavy atom. The molecule has 2 saturated heterocycles. The maximum absolute atomic E-state index is 12.5. The van der Waals surface area contributed by atoms with E-state index in [0.29, 0.717) is 9.13 Å². The molecule has 23 heteroatoms. The summed E-state index contributed by atoms with van der Waals surface area (Å²) in [6, 6.07) is 1.82. The van der Waals surface area contributed by atoms with Crippen LogP contribution in [0.15, 0.2) is 43.7 Å². The molecular formula is C18H23N4O18P. The van der Waals surface area contributed by atoms with Crippen molar-refractivity contribution in [3.05, 3.63) is 66.2 Å². The van der Waals surface area contributed by atoms with Crippen LogP contribution in [0.25, 0.3) is 0 Å². The molecule has 0 saturated carbocycles. The smallest absolute Gasteiger partial charge is 0.330 e. The zero-order valence-electron chi connectivity index (χ0n) is 20.1. The summed E-state index contributed by atoms with van der Waals surface area (Å²) in [7, 11) is -3.97. The first kappa shape index (κ1) is 31.0. The van der Waals surface area contributed by atoms with Gasteiger partial charge in [-0.3, -0.25) is 52.8 Å². The first-order chi connectivity index (χ1) is 19.5. The molecule has 4 rings (SSSR count). The number of ether oxygens (including phenoxy) is 2. The molecule has 41 heavy (non-hydrogen) atoms. The van der Waals surface area contributed by atoms with Crippen molar-refractivity contribution in [3.63, 3.8) is 0 Å². The lowest BCUT2D eigenvalue weighted by molar-refractivity contribution is -0.380. The van der Waals surface area contributed by atoms with E-state index < -0.39 is 92.4 Å². The number of aromatic nitrogens is 4. The van der Waals surface area contributed by atoms with Crippen molar-refractivity contribution in [1.29, 1.82) is 0 Å². The second-order valence-corrected chi connectivity index (χ2v) is 9.46. The molecule has 2 aromatic heterocycles. The van der Waals surface area contributed by atoms with Crippen molar-refractivity contribution in [2.45, 2.75) is 61.7 Å². The number of hydrogen-bond donors (Lipinski definition) is 8. The van der Waals surface area contributed by atoms with Gasteiger partial charge in [-0.05, 0) is 0 Å². The van der Waals surface area contributed by atoms with Gasteiger partial charge < -0.3 is 24.8 Å². The van der Waals surface area contributed by atoms with Gasteiger partial charge in [-0.15, -0.1) is 0 Å². The highest BCUT2D eigenvalue weighted by Gasteiger charge is 2.54. The molecule has 0 amide bonds. The molecule has 228 valence electrons. The molecular weight excluding hydrogens is 591 g/mol. The van der Waals surface area contributed by atoms with Crippen LogP contribution in [0.1, 0.15) is 12.5 Å². The number of hydrogen-bond acceptors (Lipinski definition) is 18. The summed E-state index contributed by atoms with van der Waals surface area (Å²) in [5.74, 6) is 0. The zero-order valence-corrected chi connectivity index (χ0v) is 21.1. The lowest BCUT2D eigenvalue weighted by Crippen LogP contribution is -2.43. The van der Waals surface area contributed by atoms with Crippen LogP contribution in [-0.4, -0.2) is 99.4 Å². The van der Waals surface area contributed by atoms with Crippen molar-refractivity contribution in [2.75, 3.05) is 0 Å². The molecule has 0 aromatic carbocycles. The molecule has 11 atom stereocenters. The fraction of sp³-hybridized carbons (Fsp3) is 0.556. The summed E-state index contributed by atoms with van der Waals surface area (Å²) in [5.41, 5.74) is -3.62. The van der Waals surface area contributed by atoms with E-state index in [-0.39, 0.29) is 0 Å². The van der Waals surface area contributed by atoms with E-state index in [1.54, 1.807) is 0 Å². The molecule has 0 bridgehead atoms. The molecule has 22 nitrogen and oxygen atoms in total. The average Bonchev–Trinajstić information content (AvgIpc) is 3.44. The predicted octanol–water partition coefficient (Wildman–Crippen LogP) is -4.12. The van der Waals surface area contributed by atoms with Crippen LogP contribution < -0.4 is 22.5 Å². The largest absolute Gasteiger partial charge is 0.387 e. The quantitative estimate of drug-likeness (QED) is 0.0515. The normalized spacial score (nSPS) is 32.1. The third-order valence-corrected chi connectivity index (χ3v) is 6.94. The number of nitrogens with zero attached hydrogens (tertiary/aromatic N) is 2. The second kappa shape index (κ2) is 12.9. The van der Waals surface area contributed by atoms with Gasteiger partial charge in [-0.25, -0.2) is 29.5 Å². The Kier molecular flexibility index (Phi) is 9.78. The highest BCUT2D eigenvalue weighted by atomic mass is 31.1. The molecule has 0 aliphatic carbocycles. The summed E-state index contributed by atoms with van der Waals surface area (Å²) in [4.78, 5) is 63.0. The van der Waals surface area contributed by atoms with Gasteiger partial charge in [0.15, 0.2) is 31.0 Å². The Morgan fingerprint density at radius 3 is 1.85 bits per heavy atom. The van der Waals surface area contributed by atoms with Gasteiger partial charge in [-0.2, -0.15) is 0 Å². The number of nitrogens with one attached hydrogen (secondary N) is 2. The Morgan fingerprint density at radius 2 is 1.34 bits per heavy atom. The van der Waals surface area contributed by atoms with E-state index >= 15 is 0 Å². The van der Waals surface area contributed by atoms with Crippen LogP contribution in [0.2, 0.25) is 0 Å². The number of aliphatic hydroxyl groups excluding tert-OH is 3. The lowest BCUT2D eigenvalue weighted by Gasteiger charge is -2.25. The Hall–Kier alpha value is -2.93. The van der Waals surface area contributed by atoms with Gasteiger partial charge in [0.1, 0.15) is 24.4 Å². The van der Waals surface area contributed by atoms with Gasteiger partial charge >= 0.3 is 19.6 Å². The van der Waals surface area contributed by atoms with Crippen molar-refractivity contribution >= 4 is 8.25 Å². The molecule has 4 heterocycles. The zero-order chi connectivity index (χ0) is 30.0. The Balaban J connectivity index is 1.45. The van der Waals surface area contributed by atoms with E-state index in [4.69, 9.17) is 18.5 Å². The minimum atomic E-state index is -3.97. The number of aromatic amines is 2. The van der Waals surface area contributed by atoms with E-state index in [9.17, 15) is 54.8 Å². The summed E-state index contributed by atoms with van der Waals surface area (Å²) in [6.07, 6.45) is -16.9. The molecule has 0 radical (unpaired) electrons.